The van der Waals surface area contributed by atoms with Crippen molar-refractivity contribution in [2.24, 2.45) is 0 Å². The summed E-state index contributed by atoms with van der Waals surface area (Å²) in [5.41, 5.74) is 0.999. The quantitative estimate of drug-likeness (QED) is 0.652. The summed E-state index contributed by atoms with van der Waals surface area (Å²) in [6.45, 7) is 7.53. The van der Waals surface area contributed by atoms with Crippen molar-refractivity contribution in [3.8, 4) is 6.07 Å². The zero-order valence-corrected chi connectivity index (χ0v) is 12.1. The Bertz CT molecular complexity index is 436. The van der Waals surface area contributed by atoms with E-state index in [2.05, 4.69) is 0 Å². The van der Waals surface area contributed by atoms with Crippen LogP contribution in [0, 0.1) is 17.1 Å². The van der Waals surface area contributed by atoms with Gasteiger partial charge >= 0.3 is 0 Å². The van der Waals surface area contributed by atoms with Gasteiger partial charge in [0, 0.05) is 32.0 Å². The highest BCUT2D eigenvalue weighted by Gasteiger charge is 2.09. The molecule has 0 amide bonds. The van der Waals surface area contributed by atoms with Gasteiger partial charge in [-0.2, -0.15) is 5.26 Å². The normalized spacial score (nSPS) is 10.3. The molecule has 0 radical (unpaired) electrons. The Morgan fingerprint density at radius 3 is 2.20 bits per heavy atom. The van der Waals surface area contributed by atoms with E-state index >= 15 is 0 Å². The average Bonchev–Trinajstić information content (AvgIpc) is 2.45. The van der Waals surface area contributed by atoms with E-state index < -0.39 is 5.82 Å². The Hall–Kier alpha value is -1.64. The fourth-order valence-corrected chi connectivity index (χ4v) is 1.83. The number of nitrogens with zero attached hydrogens (tertiary/aromatic N) is 2. The number of hydrogen-bond donors (Lipinski definition) is 0. The Morgan fingerprint density at radius 1 is 1.10 bits per heavy atom. The van der Waals surface area contributed by atoms with Gasteiger partial charge in [-0.25, -0.2) is 4.39 Å². The van der Waals surface area contributed by atoms with E-state index in [1.807, 2.05) is 24.8 Å². The first-order valence-electron chi connectivity index (χ1n) is 6.82. The zero-order chi connectivity index (χ0) is 14.8. The first-order chi connectivity index (χ1) is 9.71. The second-order valence-corrected chi connectivity index (χ2v) is 4.19. The molecular weight excluding hydrogens is 259 g/mol. The van der Waals surface area contributed by atoms with Gasteiger partial charge in [0.25, 0.3) is 0 Å². The molecular formula is C15H21FN2O2. The molecule has 0 aliphatic carbocycles. The molecule has 0 aromatic heterocycles. The molecule has 0 spiro atoms. The molecule has 0 bridgehead atoms. The topological polar surface area (TPSA) is 45.5 Å². The maximum Gasteiger partial charge on any atom is 0.126 e. The minimum Gasteiger partial charge on any atom is -0.380 e. The molecule has 0 atom stereocenters. The highest BCUT2D eigenvalue weighted by atomic mass is 19.1. The minimum absolute atomic E-state index is 0.317. The molecule has 0 saturated heterocycles. The van der Waals surface area contributed by atoms with Crippen LogP contribution in [0.5, 0.6) is 0 Å². The minimum atomic E-state index is -0.406. The van der Waals surface area contributed by atoms with Crippen LogP contribution < -0.4 is 4.90 Å². The number of nitriles is 1. The maximum atomic E-state index is 13.5. The third-order valence-corrected chi connectivity index (χ3v) is 2.80. The first kappa shape index (κ1) is 16.4. The third kappa shape index (κ3) is 5.55. The first-order valence-corrected chi connectivity index (χ1v) is 6.82. The van der Waals surface area contributed by atoms with Crippen molar-refractivity contribution in [3.63, 3.8) is 0 Å². The van der Waals surface area contributed by atoms with Crippen LogP contribution in [-0.4, -0.2) is 39.5 Å². The molecule has 1 aromatic rings. The lowest BCUT2D eigenvalue weighted by atomic mass is 10.2. The number of benzene rings is 1. The van der Waals surface area contributed by atoms with Crippen molar-refractivity contribution in [1.82, 2.24) is 0 Å². The van der Waals surface area contributed by atoms with Gasteiger partial charge in [0.05, 0.1) is 24.8 Å². The molecule has 1 aromatic carbocycles. The SMILES string of the molecule is CCOCCN(CCOCC)c1cc(F)cc(C#N)c1. The summed E-state index contributed by atoms with van der Waals surface area (Å²) in [5, 5.41) is 8.91. The van der Waals surface area contributed by atoms with E-state index in [1.54, 1.807) is 6.07 Å². The largest absolute Gasteiger partial charge is 0.380 e. The summed E-state index contributed by atoms with van der Waals surface area (Å²) in [7, 11) is 0. The van der Waals surface area contributed by atoms with Gasteiger partial charge in [0.1, 0.15) is 5.82 Å². The standard InChI is InChI=1S/C15H21FN2O2/c1-3-19-7-5-18(6-8-20-4-2)15-10-13(12-17)9-14(16)11-15/h9-11H,3-8H2,1-2H3. The second-order valence-electron chi connectivity index (χ2n) is 4.19. The van der Waals surface area contributed by atoms with Crippen molar-refractivity contribution in [2.75, 3.05) is 44.4 Å². The van der Waals surface area contributed by atoms with Crippen LogP contribution in [-0.2, 0) is 9.47 Å². The number of halogens is 1. The lowest BCUT2D eigenvalue weighted by Crippen LogP contribution is -2.31. The molecule has 0 fully saturated rings. The predicted octanol–water partition coefficient (Wildman–Crippen LogP) is 2.58. The van der Waals surface area contributed by atoms with Crippen LogP contribution in [0.3, 0.4) is 0 Å². The molecule has 0 N–H and O–H groups in total. The van der Waals surface area contributed by atoms with Crippen LogP contribution >= 0.6 is 0 Å². The lowest BCUT2D eigenvalue weighted by molar-refractivity contribution is 0.141. The second kappa shape index (κ2) is 9.29. The molecule has 0 aliphatic heterocycles. The molecule has 20 heavy (non-hydrogen) atoms. The number of rotatable bonds is 9. The van der Waals surface area contributed by atoms with Gasteiger partial charge in [-0.15, -0.1) is 0 Å². The third-order valence-electron chi connectivity index (χ3n) is 2.80. The smallest absolute Gasteiger partial charge is 0.126 e. The predicted molar refractivity (Wildman–Crippen MR) is 76.3 cm³/mol. The molecule has 0 heterocycles. The monoisotopic (exact) mass is 280 g/mol. The fraction of sp³-hybridized carbons (Fsp3) is 0.533. The highest BCUT2D eigenvalue weighted by molar-refractivity contribution is 5.52. The van der Waals surface area contributed by atoms with Crippen LogP contribution in [0.25, 0.3) is 0 Å². The highest BCUT2D eigenvalue weighted by Crippen LogP contribution is 2.18. The van der Waals surface area contributed by atoms with Crippen molar-refractivity contribution in [3.05, 3.63) is 29.6 Å². The maximum absolute atomic E-state index is 13.5. The average molecular weight is 280 g/mol. The Labute approximate surface area is 119 Å². The van der Waals surface area contributed by atoms with E-state index in [0.29, 0.717) is 50.8 Å². The molecule has 110 valence electrons. The number of ether oxygens (including phenoxy) is 2. The van der Waals surface area contributed by atoms with E-state index in [-0.39, 0.29) is 0 Å². The van der Waals surface area contributed by atoms with Gasteiger partial charge in [0.2, 0.25) is 0 Å². The van der Waals surface area contributed by atoms with Crippen LogP contribution in [0.1, 0.15) is 19.4 Å². The molecule has 0 saturated carbocycles. The number of anilines is 1. The van der Waals surface area contributed by atoms with E-state index in [4.69, 9.17) is 14.7 Å². The lowest BCUT2D eigenvalue weighted by Gasteiger charge is -2.25. The molecule has 0 aliphatic rings. The fourth-order valence-electron chi connectivity index (χ4n) is 1.83. The number of hydrogen-bond acceptors (Lipinski definition) is 4. The molecule has 1 rings (SSSR count). The molecule has 5 heteroatoms. The summed E-state index contributed by atoms with van der Waals surface area (Å²) in [6, 6.07) is 6.31. The van der Waals surface area contributed by atoms with Gasteiger partial charge in [0.15, 0.2) is 0 Å². The summed E-state index contributed by atoms with van der Waals surface area (Å²) in [6.07, 6.45) is 0. The van der Waals surface area contributed by atoms with Gasteiger partial charge in [-0.05, 0) is 32.0 Å². The zero-order valence-electron chi connectivity index (χ0n) is 12.1. The Balaban J connectivity index is 2.79. The molecule has 4 nitrogen and oxygen atoms in total. The van der Waals surface area contributed by atoms with Crippen molar-refractivity contribution < 1.29 is 13.9 Å². The van der Waals surface area contributed by atoms with Gasteiger partial charge in [-0.3, -0.25) is 0 Å². The van der Waals surface area contributed by atoms with Crippen molar-refractivity contribution >= 4 is 5.69 Å². The summed E-state index contributed by atoms with van der Waals surface area (Å²) in [5.74, 6) is -0.406. The Morgan fingerprint density at radius 2 is 1.70 bits per heavy atom. The van der Waals surface area contributed by atoms with E-state index in [0.717, 1.165) is 0 Å². The summed E-state index contributed by atoms with van der Waals surface area (Å²) in [4.78, 5) is 1.97. The van der Waals surface area contributed by atoms with E-state index in [9.17, 15) is 4.39 Å². The van der Waals surface area contributed by atoms with Gasteiger partial charge in [-0.1, -0.05) is 0 Å². The van der Waals surface area contributed by atoms with Crippen LogP contribution in [0.15, 0.2) is 18.2 Å². The van der Waals surface area contributed by atoms with Crippen LogP contribution in [0.2, 0.25) is 0 Å². The van der Waals surface area contributed by atoms with Crippen molar-refractivity contribution in [1.29, 1.82) is 5.26 Å². The van der Waals surface area contributed by atoms with Crippen molar-refractivity contribution in [2.45, 2.75) is 13.8 Å². The van der Waals surface area contributed by atoms with Gasteiger partial charge < -0.3 is 14.4 Å². The molecule has 0 unspecified atom stereocenters. The summed E-state index contributed by atoms with van der Waals surface area (Å²) < 4.78 is 24.2. The summed E-state index contributed by atoms with van der Waals surface area (Å²) >= 11 is 0. The van der Waals surface area contributed by atoms with Crippen LogP contribution in [0.4, 0.5) is 10.1 Å². The van der Waals surface area contributed by atoms with E-state index in [1.165, 1.54) is 12.1 Å². The Kier molecular flexibility index (Phi) is 7.63.